The molecule has 3 fully saturated rings. The van der Waals surface area contributed by atoms with Crippen molar-refractivity contribution in [2.45, 2.75) is 46.0 Å². The van der Waals surface area contributed by atoms with Crippen molar-refractivity contribution in [2.75, 3.05) is 37.6 Å². The van der Waals surface area contributed by atoms with Crippen LogP contribution in [0.1, 0.15) is 46.0 Å². The second-order valence-corrected chi connectivity index (χ2v) is 12.3. The van der Waals surface area contributed by atoms with Crippen LogP contribution in [0.3, 0.4) is 0 Å². The van der Waals surface area contributed by atoms with E-state index in [9.17, 15) is 4.21 Å². The minimum atomic E-state index is -1.39. The molecule has 176 valence electrons. The SMILES string of the molecule is CC1CC2CC(C1)CC(C)(COc1cc3nnc(NS(=O)N4CCOCC4)n3cc1Br)C2. The molecular formula is C22H32BrN5O3S. The van der Waals surface area contributed by atoms with Gasteiger partial charge in [0.15, 0.2) is 16.8 Å². The summed E-state index contributed by atoms with van der Waals surface area (Å²) in [5.74, 6) is 3.77. The van der Waals surface area contributed by atoms with Crippen LogP contribution in [-0.4, -0.2) is 56.0 Å². The number of halogens is 1. The molecule has 32 heavy (non-hydrogen) atoms. The highest BCUT2D eigenvalue weighted by Crippen LogP contribution is 2.50. The third-order valence-electron chi connectivity index (χ3n) is 7.12. The van der Waals surface area contributed by atoms with Crippen LogP contribution < -0.4 is 9.46 Å². The summed E-state index contributed by atoms with van der Waals surface area (Å²) >= 11 is 2.26. The fourth-order valence-electron chi connectivity index (χ4n) is 6.01. The normalized spacial score (nSPS) is 32.0. The van der Waals surface area contributed by atoms with Crippen molar-refractivity contribution in [1.82, 2.24) is 18.9 Å². The van der Waals surface area contributed by atoms with E-state index in [1.807, 2.05) is 16.6 Å². The van der Waals surface area contributed by atoms with Gasteiger partial charge in [-0.1, -0.05) is 13.8 Å². The van der Waals surface area contributed by atoms with Gasteiger partial charge in [-0.05, 0) is 65.8 Å². The summed E-state index contributed by atoms with van der Waals surface area (Å²) in [5, 5.41) is 8.45. The lowest BCUT2D eigenvalue weighted by Gasteiger charge is -2.47. The van der Waals surface area contributed by atoms with E-state index in [2.05, 4.69) is 44.7 Å². The fraction of sp³-hybridized carbons (Fsp3) is 0.727. The zero-order chi connectivity index (χ0) is 22.3. The van der Waals surface area contributed by atoms with Crippen molar-refractivity contribution in [2.24, 2.45) is 23.2 Å². The first kappa shape index (κ1) is 22.6. The van der Waals surface area contributed by atoms with Gasteiger partial charge >= 0.3 is 0 Å². The Labute approximate surface area is 200 Å². The molecule has 0 aromatic carbocycles. The maximum absolute atomic E-state index is 12.6. The van der Waals surface area contributed by atoms with Gasteiger partial charge in [0, 0.05) is 30.8 Å². The second-order valence-electron chi connectivity index (χ2n) is 10.2. The lowest BCUT2D eigenvalue weighted by molar-refractivity contribution is 0.0144. The maximum Gasteiger partial charge on any atom is 0.241 e. The number of aromatic nitrogens is 3. The second kappa shape index (κ2) is 9.19. The summed E-state index contributed by atoms with van der Waals surface area (Å²) < 4.78 is 31.7. The van der Waals surface area contributed by atoms with Crippen molar-refractivity contribution in [3.8, 4) is 5.75 Å². The zero-order valence-electron chi connectivity index (χ0n) is 18.8. The molecule has 0 spiro atoms. The first-order chi connectivity index (χ1) is 15.4. The van der Waals surface area contributed by atoms with E-state index >= 15 is 0 Å². The Balaban J connectivity index is 1.26. The largest absolute Gasteiger partial charge is 0.492 e. The minimum Gasteiger partial charge on any atom is -0.492 e. The van der Waals surface area contributed by atoms with Gasteiger partial charge in [-0.2, -0.15) is 0 Å². The van der Waals surface area contributed by atoms with E-state index in [1.54, 1.807) is 4.40 Å². The van der Waals surface area contributed by atoms with Crippen molar-refractivity contribution in [1.29, 1.82) is 0 Å². The molecular weight excluding hydrogens is 494 g/mol. The van der Waals surface area contributed by atoms with E-state index in [1.165, 1.54) is 32.1 Å². The molecule has 3 unspecified atom stereocenters. The Morgan fingerprint density at radius 2 is 1.97 bits per heavy atom. The van der Waals surface area contributed by atoms with Gasteiger partial charge in [-0.25, -0.2) is 8.51 Å². The number of nitrogens with one attached hydrogen (secondary N) is 1. The van der Waals surface area contributed by atoms with E-state index in [0.29, 0.717) is 44.5 Å². The van der Waals surface area contributed by atoms with Gasteiger partial charge in [0.2, 0.25) is 5.95 Å². The Morgan fingerprint density at radius 1 is 1.25 bits per heavy atom. The van der Waals surface area contributed by atoms with Crippen LogP contribution >= 0.6 is 15.9 Å². The molecule has 0 amide bonds. The average molecular weight is 527 g/mol. The molecule has 2 bridgehead atoms. The highest BCUT2D eigenvalue weighted by atomic mass is 79.9. The Morgan fingerprint density at radius 3 is 2.69 bits per heavy atom. The standard InChI is InChI=1S/C22H32BrN5O3S/c1-15-7-16-9-17(8-15)12-22(2,11-16)14-31-19-10-20-24-25-21(28(20)13-18(19)23)26-32(29)27-3-5-30-6-4-27/h10,13,15-17H,3-9,11-12,14H2,1-2H3,(H,25,26). The number of hydrogen-bond acceptors (Lipinski definition) is 5. The van der Waals surface area contributed by atoms with Gasteiger partial charge in [0.1, 0.15) is 5.75 Å². The number of rotatable bonds is 6. The molecule has 2 aromatic heterocycles. The summed E-state index contributed by atoms with van der Waals surface area (Å²) in [5.41, 5.74) is 0.874. The van der Waals surface area contributed by atoms with Crippen molar-refractivity contribution >= 4 is 38.7 Å². The number of nitrogens with zero attached hydrogens (tertiary/aromatic N) is 4. The Kier molecular flexibility index (Phi) is 6.48. The lowest BCUT2D eigenvalue weighted by atomic mass is 9.60. The summed E-state index contributed by atoms with van der Waals surface area (Å²) in [4.78, 5) is 0. The first-order valence-electron chi connectivity index (χ1n) is 11.6. The van der Waals surface area contributed by atoms with Crippen LogP contribution in [-0.2, 0) is 15.9 Å². The molecule has 10 heteroatoms. The van der Waals surface area contributed by atoms with Crippen molar-refractivity contribution < 1.29 is 13.7 Å². The summed E-state index contributed by atoms with van der Waals surface area (Å²) in [6.45, 7) is 7.91. The maximum atomic E-state index is 12.6. The van der Waals surface area contributed by atoms with Crippen molar-refractivity contribution in [3.05, 3.63) is 16.7 Å². The molecule has 3 heterocycles. The number of ether oxygens (including phenoxy) is 2. The highest BCUT2D eigenvalue weighted by Gasteiger charge is 2.41. The number of pyridine rings is 1. The summed E-state index contributed by atoms with van der Waals surface area (Å²) in [6, 6.07) is 1.90. The van der Waals surface area contributed by atoms with Crippen LogP contribution in [0.15, 0.2) is 16.7 Å². The molecule has 1 aliphatic heterocycles. The first-order valence-corrected chi connectivity index (χ1v) is 13.5. The molecule has 0 radical (unpaired) electrons. The predicted octanol–water partition coefficient (Wildman–Crippen LogP) is 4.05. The molecule has 2 saturated carbocycles. The summed E-state index contributed by atoms with van der Waals surface area (Å²) in [6.07, 6.45) is 8.51. The van der Waals surface area contributed by atoms with Crippen LogP contribution in [0, 0.1) is 23.2 Å². The minimum absolute atomic E-state index is 0.217. The van der Waals surface area contributed by atoms with Crippen LogP contribution in [0.4, 0.5) is 5.95 Å². The molecule has 8 nitrogen and oxygen atoms in total. The number of morpholine rings is 1. The topological polar surface area (TPSA) is 81.0 Å². The quantitative estimate of drug-likeness (QED) is 0.615. The van der Waals surface area contributed by atoms with Gasteiger partial charge in [0.05, 0.1) is 24.3 Å². The Hall–Kier alpha value is -1.23. The fourth-order valence-corrected chi connectivity index (χ4v) is 7.34. The molecule has 5 rings (SSSR count). The lowest BCUT2D eigenvalue weighted by Crippen LogP contribution is -2.40. The van der Waals surface area contributed by atoms with Gasteiger partial charge in [-0.3, -0.25) is 9.12 Å². The van der Waals surface area contributed by atoms with Gasteiger partial charge < -0.3 is 9.47 Å². The third-order valence-corrected chi connectivity index (χ3v) is 8.91. The number of fused-ring (bicyclic) bond motifs is 3. The molecule has 1 N–H and O–H groups in total. The van der Waals surface area contributed by atoms with Crippen LogP contribution in [0.25, 0.3) is 5.65 Å². The van der Waals surface area contributed by atoms with Gasteiger partial charge in [0.25, 0.3) is 0 Å². The molecule has 3 aliphatic rings. The smallest absolute Gasteiger partial charge is 0.241 e. The number of hydrogen-bond donors (Lipinski definition) is 1. The van der Waals surface area contributed by atoms with Crippen LogP contribution in [0.2, 0.25) is 0 Å². The van der Waals surface area contributed by atoms with E-state index in [-0.39, 0.29) is 5.41 Å². The Bertz CT molecular complexity index is 977. The van der Waals surface area contributed by atoms with Gasteiger partial charge in [-0.15, -0.1) is 10.2 Å². The molecule has 2 aliphatic carbocycles. The van der Waals surface area contributed by atoms with Crippen molar-refractivity contribution in [3.63, 3.8) is 0 Å². The summed E-state index contributed by atoms with van der Waals surface area (Å²) in [7, 11) is 0. The third kappa shape index (κ3) is 4.83. The van der Waals surface area contributed by atoms with E-state index in [4.69, 9.17) is 9.47 Å². The monoisotopic (exact) mass is 525 g/mol. The number of anilines is 1. The molecule has 3 atom stereocenters. The van der Waals surface area contributed by atoms with Crippen LogP contribution in [0.5, 0.6) is 5.75 Å². The molecule has 1 saturated heterocycles. The molecule has 2 aromatic rings. The predicted molar refractivity (Wildman–Crippen MR) is 128 cm³/mol. The average Bonchev–Trinajstić information content (AvgIpc) is 3.13. The zero-order valence-corrected chi connectivity index (χ0v) is 21.2. The van der Waals surface area contributed by atoms with E-state index < -0.39 is 11.2 Å². The van der Waals surface area contributed by atoms with E-state index in [0.717, 1.165) is 28.0 Å². The highest BCUT2D eigenvalue weighted by molar-refractivity contribution is 9.10.